The van der Waals surface area contributed by atoms with Crippen molar-refractivity contribution in [3.8, 4) is 0 Å². The molecule has 0 N–H and O–H groups in total. The van der Waals surface area contributed by atoms with Crippen LogP contribution in [-0.4, -0.2) is 22.7 Å². The minimum absolute atomic E-state index is 0.00908. The lowest BCUT2D eigenvalue weighted by Gasteiger charge is -2.16. The van der Waals surface area contributed by atoms with E-state index >= 15 is 0 Å². The maximum atomic E-state index is 12.1. The van der Waals surface area contributed by atoms with Crippen molar-refractivity contribution in [3.63, 3.8) is 0 Å². The Bertz CT molecular complexity index is 981. The van der Waals surface area contributed by atoms with Crippen molar-refractivity contribution < 1.29 is 9.37 Å². The average molecular weight is 388 g/mol. The van der Waals surface area contributed by atoms with Gasteiger partial charge in [0.05, 0.1) is 5.41 Å². The molecule has 0 saturated carbocycles. The molecule has 1 aliphatic rings. The van der Waals surface area contributed by atoms with E-state index in [0.29, 0.717) is 0 Å². The Kier molecular flexibility index (Phi) is 6.17. The largest absolute Gasteiger partial charge is 0.288 e. The van der Waals surface area contributed by atoms with Gasteiger partial charge in [0.25, 0.3) is 0 Å². The molecule has 0 aliphatic carbocycles. The number of allylic oxidation sites excluding steroid dienone is 3. The normalized spacial score (nSPS) is 15.3. The summed E-state index contributed by atoms with van der Waals surface area (Å²) in [4.78, 5) is 13.7. The molecule has 29 heavy (non-hydrogen) atoms. The molecule has 2 aromatic rings. The zero-order valence-electron chi connectivity index (χ0n) is 18.1. The van der Waals surface area contributed by atoms with Crippen molar-refractivity contribution in [1.82, 2.24) is 0 Å². The second kappa shape index (κ2) is 8.60. The number of amides is 1. The number of rotatable bonds is 6. The number of carbonyl (C=O) groups is 1. The molecule has 0 bridgehead atoms. The number of nitrogens with zero attached hydrogens (tertiary/aromatic N) is 2. The lowest BCUT2D eigenvalue weighted by molar-refractivity contribution is -0.437. The first-order valence-electron chi connectivity index (χ1n) is 10.3. The molecule has 3 rings (SSSR count). The van der Waals surface area contributed by atoms with Gasteiger partial charge < -0.3 is 0 Å². The van der Waals surface area contributed by atoms with Crippen LogP contribution in [0, 0.1) is 6.92 Å². The lowest BCUT2D eigenvalue weighted by Crippen LogP contribution is -2.27. The molecule has 1 heterocycles. The minimum Gasteiger partial charge on any atom is -0.288 e. The minimum atomic E-state index is -0.0550. The number of hydrogen-bond donors (Lipinski definition) is 0. The standard InChI is InChI=1S/C26H31N2O/c1-6-17-28-24-16-15-20(2)19-23(24)26(4,5)25(28)14-10-11-18-27(21(3)29)22-12-8-7-9-13-22/h7-16,18-19H,6,17H2,1-5H3/q+1. The SMILES string of the molecule is CCC[N+]1=C(/C=C/C=C/N(C(C)=O)c2ccccc2)C(C)(C)c2cc(C)ccc21. The quantitative estimate of drug-likeness (QED) is 0.447. The van der Waals surface area contributed by atoms with Gasteiger partial charge in [-0.2, -0.15) is 4.58 Å². The van der Waals surface area contributed by atoms with Crippen LogP contribution in [0.3, 0.4) is 0 Å². The summed E-state index contributed by atoms with van der Waals surface area (Å²) < 4.78 is 2.43. The highest BCUT2D eigenvalue weighted by atomic mass is 16.2. The number of fused-ring (bicyclic) bond motifs is 1. The van der Waals surface area contributed by atoms with Crippen LogP contribution in [0.1, 0.15) is 45.2 Å². The van der Waals surface area contributed by atoms with Crippen molar-refractivity contribution in [2.45, 2.75) is 46.5 Å². The zero-order chi connectivity index (χ0) is 21.0. The molecule has 1 amide bonds. The summed E-state index contributed by atoms with van der Waals surface area (Å²) in [5.74, 6) is -0.00908. The molecule has 150 valence electrons. The number of carbonyl (C=O) groups excluding carboxylic acids is 1. The number of anilines is 1. The second-order valence-corrected chi connectivity index (χ2v) is 8.11. The van der Waals surface area contributed by atoms with E-state index in [1.54, 1.807) is 11.8 Å². The summed E-state index contributed by atoms with van der Waals surface area (Å²) in [6.45, 7) is 11.5. The highest BCUT2D eigenvalue weighted by Gasteiger charge is 2.43. The van der Waals surface area contributed by atoms with Crippen molar-refractivity contribution in [3.05, 3.63) is 84.1 Å². The molecular weight excluding hydrogens is 356 g/mol. The predicted molar refractivity (Wildman–Crippen MR) is 122 cm³/mol. The molecular formula is C26H31N2O+. The predicted octanol–water partition coefficient (Wildman–Crippen LogP) is 5.90. The van der Waals surface area contributed by atoms with E-state index in [9.17, 15) is 4.79 Å². The first-order valence-corrected chi connectivity index (χ1v) is 10.3. The molecule has 0 aromatic heterocycles. The monoisotopic (exact) mass is 387 g/mol. The van der Waals surface area contributed by atoms with Crippen LogP contribution < -0.4 is 4.90 Å². The molecule has 3 nitrogen and oxygen atoms in total. The first-order chi connectivity index (χ1) is 13.9. The molecule has 0 spiro atoms. The summed E-state index contributed by atoms with van der Waals surface area (Å²) in [5, 5.41) is 0. The Hall–Kier alpha value is -2.94. The maximum absolute atomic E-state index is 12.1. The fraction of sp³-hybridized carbons (Fsp3) is 0.308. The maximum Gasteiger partial charge on any atom is 0.227 e. The summed E-state index contributed by atoms with van der Waals surface area (Å²) in [6, 6.07) is 16.4. The van der Waals surface area contributed by atoms with Gasteiger partial charge in [0.15, 0.2) is 5.71 Å². The first kappa shape index (κ1) is 20.8. The van der Waals surface area contributed by atoms with Gasteiger partial charge in [-0.15, -0.1) is 0 Å². The van der Waals surface area contributed by atoms with E-state index in [1.807, 2.05) is 48.7 Å². The van der Waals surface area contributed by atoms with E-state index in [2.05, 4.69) is 56.5 Å². The zero-order valence-corrected chi connectivity index (χ0v) is 18.1. The molecule has 0 radical (unpaired) electrons. The van der Waals surface area contributed by atoms with Crippen molar-refractivity contribution in [2.75, 3.05) is 11.4 Å². The van der Waals surface area contributed by atoms with E-state index in [-0.39, 0.29) is 11.3 Å². The Morgan fingerprint density at radius 3 is 2.48 bits per heavy atom. The van der Waals surface area contributed by atoms with Crippen LogP contribution in [-0.2, 0) is 10.2 Å². The Morgan fingerprint density at radius 1 is 1.10 bits per heavy atom. The van der Waals surface area contributed by atoms with Crippen LogP contribution in [0.2, 0.25) is 0 Å². The molecule has 0 saturated heterocycles. The van der Waals surface area contributed by atoms with Gasteiger partial charge in [-0.3, -0.25) is 9.69 Å². The smallest absolute Gasteiger partial charge is 0.227 e. The summed E-state index contributed by atoms with van der Waals surface area (Å²) in [7, 11) is 0. The van der Waals surface area contributed by atoms with Gasteiger partial charge in [0.2, 0.25) is 11.6 Å². The van der Waals surface area contributed by atoms with Crippen LogP contribution in [0.4, 0.5) is 11.4 Å². The van der Waals surface area contributed by atoms with Gasteiger partial charge in [-0.05, 0) is 45.0 Å². The fourth-order valence-corrected chi connectivity index (χ4v) is 4.00. The summed E-state index contributed by atoms with van der Waals surface area (Å²) >= 11 is 0. The van der Waals surface area contributed by atoms with Gasteiger partial charge in [-0.25, -0.2) is 0 Å². The van der Waals surface area contributed by atoms with E-state index in [4.69, 9.17) is 0 Å². The molecule has 1 aliphatic heterocycles. The van der Waals surface area contributed by atoms with Gasteiger partial charge in [0, 0.05) is 42.9 Å². The number of hydrogen-bond acceptors (Lipinski definition) is 1. The van der Waals surface area contributed by atoms with Crippen LogP contribution in [0.5, 0.6) is 0 Å². The number of benzene rings is 2. The number of para-hydroxylation sites is 1. The van der Waals surface area contributed by atoms with Crippen LogP contribution in [0.25, 0.3) is 0 Å². The van der Waals surface area contributed by atoms with E-state index < -0.39 is 0 Å². The molecule has 2 aromatic carbocycles. The van der Waals surface area contributed by atoms with E-state index in [1.165, 1.54) is 22.5 Å². The highest BCUT2D eigenvalue weighted by Crippen LogP contribution is 2.40. The van der Waals surface area contributed by atoms with Gasteiger partial charge in [0.1, 0.15) is 6.54 Å². The van der Waals surface area contributed by atoms with Crippen LogP contribution in [0.15, 0.2) is 73.0 Å². The molecule has 0 atom stereocenters. The van der Waals surface area contributed by atoms with Crippen LogP contribution >= 0.6 is 0 Å². The van der Waals surface area contributed by atoms with Gasteiger partial charge in [-0.1, -0.05) is 42.8 Å². The summed E-state index contributed by atoms with van der Waals surface area (Å²) in [6.07, 6.45) is 9.08. The Morgan fingerprint density at radius 2 is 1.83 bits per heavy atom. The molecule has 3 heteroatoms. The lowest BCUT2D eigenvalue weighted by atomic mass is 9.81. The van der Waals surface area contributed by atoms with Crippen molar-refractivity contribution in [1.29, 1.82) is 0 Å². The third kappa shape index (κ3) is 4.24. The second-order valence-electron chi connectivity index (χ2n) is 8.11. The van der Waals surface area contributed by atoms with Crippen molar-refractivity contribution >= 4 is 23.0 Å². The Balaban J connectivity index is 1.91. The van der Waals surface area contributed by atoms with Crippen molar-refractivity contribution in [2.24, 2.45) is 0 Å². The Labute approximate surface area is 174 Å². The summed E-state index contributed by atoms with van der Waals surface area (Å²) in [5.41, 5.74) is 6.08. The van der Waals surface area contributed by atoms with Gasteiger partial charge >= 0.3 is 0 Å². The van der Waals surface area contributed by atoms with E-state index in [0.717, 1.165) is 18.7 Å². The average Bonchev–Trinajstić information content (AvgIpc) is 2.89. The highest BCUT2D eigenvalue weighted by molar-refractivity contribution is 6.03. The topological polar surface area (TPSA) is 23.3 Å². The molecule has 0 unspecified atom stereocenters. The third-order valence-corrected chi connectivity index (χ3v) is 5.47. The fourth-order valence-electron chi connectivity index (χ4n) is 4.00. The third-order valence-electron chi connectivity index (χ3n) is 5.47. The number of aryl methyl sites for hydroxylation is 1. The molecule has 0 fully saturated rings.